The third-order valence-corrected chi connectivity index (χ3v) is 14.4. The van der Waals surface area contributed by atoms with Gasteiger partial charge in [-0.05, 0) is 139 Å². The summed E-state index contributed by atoms with van der Waals surface area (Å²) in [6, 6.07) is 26.1. The number of sulfone groups is 1. The standard InChI is InChI=1S/C46H51ClF3N3O6S2/c1-31-6-19-39(27-42(31)61(56,57)46(48,49)50)60-53(29-32-7-17-38(18-8-32)59-44-41(54)5-4-26-58-44)43(55)34-11-15-37(16-12-34)52-24-22-51(23-25-52)30-35-28-45(2,3)21-20-40(35)33-9-13-36(47)14-10-33/h6-19,27,41,44,54H,4-5,20-26,28-30H2,1-3H3/t41?,44-/m0/s1. The van der Waals surface area contributed by atoms with Crippen LogP contribution in [0, 0.1) is 12.3 Å². The second-order valence-corrected chi connectivity index (χ2v) is 20.2. The Balaban J connectivity index is 1.06. The third kappa shape index (κ3) is 11.0. The molecular weight excluding hydrogens is 847 g/mol. The van der Waals surface area contributed by atoms with E-state index in [-0.39, 0.29) is 22.4 Å². The van der Waals surface area contributed by atoms with Crippen molar-refractivity contribution in [3.05, 3.63) is 124 Å². The summed E-state index contributed by atoms with van der Waals surface area (Å²) in [6.07, 6.45) is 2.96. The van der Waals surface area contributed by atoms with E-state index in [9.17, 15) is 31.5 Å². The molecule has 1 unspecified atom stereocenters. The molecule has 15 heteroatoms. The van der Waals surface area contributed by atoms with Gasteiger partial charge in [-0.1, -0.05) is 61.4 Å². The summed E-state index contributed by atoms with van der Waals surface area (Å²) in [4.78, 5) is 18.3. The highest BCUT2D eigenvalue weighted by molar-refractivity contribution is 7.97. The van der Waals surface area contributed by atoms with Gasteiger partial charge in [-0.15, -0.1) is 0 Å². The number of allylic oxidation sites excluding steroid dienone is 1. The van der Waals surface area contributed by atoms with Gasteiger partial charge in [-0.25, -0.2) is 8.42 Å². The maximum atomic E-state index is 14.2. The zero-order valence-corrected chi connectivity index (χ0v) is 36.8. The van der Waals surface area contributed by atoms with Gasteiger partial charge in [0.2, 0.25) is 6.29 Å². The molecule has 1 N–H and O–H groups in total. The highest BCUT2D eigenvalue weighted by Gasteiger charge is 2.47. The van der Waals surface area contributed by atoms with Crippen LogP contribution in [0.4, 0.5) is 18.9 Å². The summed E-state index contributed by atoms with van der Waals surface area (Å²) < 4.78 is 78.6. The number of anilines is 1. The summed E-state index contributed by atoms with van der Waals surface area (Å²) in [7, 11) is -5.64. The number of nitrogens with zero attached hydrogens (tertiary/aromatic N) is 3. The van der Waals surface area contributed by atoms with Crippen LogP contribution in [-0.4, -0.2) is 85.9 Å². The van der Waals surface area contributed by atoms with Crippen molar-refractivity contribution in [3.63, 3.8) is 0 Å². The topological polar surface area (TPSA) is 99.6 Å². The van der Waals surface area contributed by atoms with Gasteiger partial charge >= 0.3 is 5.51 Å². The summed E-state index contributed by atoms with van der Waals surface area (Å²) in [5.74, 6) is 0.0382. The predicted molar refractivity (Wildman–Crippen MR) is 233 cm³/mol. The highest BCUT2D eigenvalue weighted by atomic mass is 35.5. The minimum atomic E-state index is -5.64. The average Bonchev–Trinajstić information content (AvgIpc) is 3.22. The molecule has 4 aromatic rings. The third-order valence-electron chi connectivity index (χ3n) is 11.6. The van der Waals surface area contributed by atoms with E-state index in [1.54, 1.807) is 36.4 Å². The quantitative estimate of drug-likeness (QED) is 0.139. The summed E-state index contributed by atoms with van der Waals surface area (Å²) in [6.45, 7) is 10.8. The summed E-state index contributed by atoms with van der Waals surface area (Å²) in [5.41, 5.74) is 0.856. The van der Waals surface area contributed by atoms with Crippen molar-refractivity contribution >= 4 is 50.6 Å². The number of piperazine rings is 1. The number of ether oxygens (including phenoxy) is 2. The van der Waals surface area contributed by atoms with Crippen LogP contribution in [0.1, 0.15) is 73.0 Å². The number of amides is 1. The fourth-order valence-corrected chi connectivity index (χ4v) is 10.3. The van der Waals surface area contributed by atoms with Crippen molar-refractivity contribution in [2.45, 2.75) is 87.1 Å². The number of rotatable bonds is 12. The van der Waals surface area contributed by atoms with Crippen LogP contribution < -0.4 is 9.64 Å². The lowest BCUT2D eigenvalue weighted by molar-refractivity contribution is -0.170. The van der Waals surface area contributed by atoms with Gasteiger partial charge in [0.15, 0.2) is 0 Å². The van der Waals surface area contributed by atoms with E-state index in [2.05, 4.69) is 35.8 Å². The van der Waals surface area contributed by atoms with Crippen molar-refractivity contribution in [2.24, 2.45) is 5.41 Å². The molecule has 0 aromatic heterocycles. The number of hydrogen-bond donors (Lipinski definition) is 1. The van der Waals surface area contributed by atoms with E-state index in [1.165, 1.54) is 40.1 Å². The Hall–Kier alpha value is -4.05. The van der Waals surface area contributed by atoms with Crippen molar-refractivity contribution in [3.8, 4) is 5.75 Å². The van der Waals surface area contributed by atoms with Gasteiger partial charge < -0.3 is 19.5 Å². The molecule has 0 spiro atoms. The Morgan fingerprint density at radius 3 is 2.33 bits per heavy atom. The zero-order chi connectivity index (χ0) is 43.5. The number of aliphatic hydroxyl groups is 1. The molecule has 2 fully saturated rings. The number of carbonyl (C=O) groups is 1. The maximum absolute atomic E-state index is 14.2. The first-order chi connectivity index (χ1) is 29.0. The first-order valence-corrected chi connectivity index (χ1v) is 23.1. The van der Waals surface area contributed by atoms with E-state index >= 15 is 0 Å². The molecule has 2 saturated heterocycles. The number of hydrogen-bond acceptors (Lipinski definition) is 9. The van der Waals surface area contributed by atoms with Gasteiger partial charge in [0.05, 0.1) is 18.0 Å². The van der Waals surface area contributed by atoms with Crippen LogP contribution in [-0.2, 0) is 21.1 Å². The summed E-state index contributed by atoms with van der Waals surface area (Å²) in [5, 5.41) is 11.0. The molecule has 3 aliphatic rings. The maximum Gasteiger partial charge on any atom is 0.501 e. The molecule has 1 aliphatic carbocycles. The molecule has 7 rings (SSSR count). The van der Waals surface area contributed by atoms with Gasteiger partial charge in [-0.2, -0.15) is 13.2 Å². The van der Waals surface area contributed by atoms with Crippen molar-refractivity contribution < 1.29 is 41.0 Å². The smallest absolute Gasteiger partial charge is 0.462 e. The van der Waals surface area contributed by atoms with Crippen LogP contribution in [0.5, 0.6) is 5.75 Å². The van der Waals surface area contributed by atoms with Crippen LogP contribution in [0.15, 0.2) is 106 Å². The van der Waals surface area contributed by atoms with E-state index < -0.39 is 38.5 Å². The lowest BCUT2D eigenvalue weighted by atomic mass is 9.73. The minimum absolute atomic E-state index is 0.0264. The Labute approximate surface area is 365 Å². The van der Waals surface area contributed by atoms with Crippen LogP contribution in [0.25, 0.3) is 5.57 Å². The van der Waals surface area contributed by atoms with Crippen molar-refractivity contribution in [1.82, 2.24) is 9.21 Å². The predicted octanol–water partition coefficient (Wildman–Crippen LogP) is 9.95. The Morgan fingerprint density at radius 1 is 0.984 bits per heavy atom. The minimum Gasteiger partial charge on any atom is -0.462 e. The van der Waals surface area contributed by atoms with Crippen LogP contribution in [0.2, 0.25) is 5.02 Å². The average molecular weight is 899 g/mol. The number of aryl methyl sites for hydroxylation is 1. The molecule has 4 aromatic carbocycles. The molecule has 9 nitrogen and oxygen atoms in total. The molecule has 61 heavy (non-hydrogen) atoms. The van der Waals surface area contributed by atoms with Gasteiger partial charge in [0.25, 0.3) is 15.7 Å². The highest BCUT2D eigenvalue weighted by Crippen LogP contribution is 2.43. The van der Waals surface area contributed by atoms with E-state index in [4.69, 9.17) is 21.1 Å². The SMILES string of the molecule is Cc1ccc(SN(Cc2ccc(O[C@@H]3OCCCC3O)cc2)C(=O)c2ccc(N3CCN(CC4=C(c5ccc(Cl)cc5)CCC(C)(C)C4)CC3)cc2)cc1S(=O)(=O)C(F)(F)F. The fourth-order valence-electron chi connectivity index (χ4n) is 8.11. The van der Waals surface area contributed by atoms with Crippen molar-refractivity contribution in [2.75, 3.05) is 44.2 Å². The van der Waals surface area contributed by atoms with Gasteiger partial charge in [0, 0.05) is 53.9 Å². The largest absolute Gasteiger partial charge is 0.501 e. The van der Waals surface area contributed by atoms with E-state index in [1.807, 2.05) is 24.3 Å². The molecule has 0 radical (unpaired) electrons. The number of benzene rings is 4. The molecule has 2 atom stereocenters. The van der Waals surface area contributed by atoms with E-state index in [0.29, 0.717) is 29.9 Å². The van der Waals surface area contributed by atoms with Crippen LogP contribution >= 0.6 is 23.5 Å². The zero-order valence-electron chi connectivity index (χ0n) is 34.5. The first kappa shape index (κ1) is 45.0. The summed E-state index contributed by atoms with van der Waals surface area (Å²) >= 11 is 7.06. The first-order valence-electron chi connectivity index (χ1n) is 20.5. The molecule has 0 bridgehead atoms. The van der Waals surface area contributed by atoms with Gasteiger partial charge in [-0.3, -0.25) is 14.0 Å². The second-order valence-electron chi connectivity index (χ2n) is 16.8. The molecule has 2 aliphatic heterocycles. The Kier molecular flexibility index (Phi) is 13.8. The fraction of sp³-hybridized carbons (Fsp3) is 0.413. The molecular formula is C46H51ClF3N3O6S2. The molecule has 2 heterocycles. The Morgan fingerprint density at radius 2 is 1.67 bits per heavy atom. The van der Waals surface area contributed by atoms with Gasteiger partial charge in [0.1, 0.15) is 11.9 Å². The second kappa shape index (κ2) is 18.7. The lowest BCUT2D eigenvalue weighted by Crippen LogP contribution is -2.47. The molecule has 1 amide bonds. The molecule has 0 saturated carbocycles. The Bertz CT molecular complexity index is 2320. The molecule has 326 valence electrons. The number of halogens is 4. The monoisotopic (exact) mass is 897 g/mol. The number of alkyl halides is 3. The lowest BCUT2D eigenvalue weighted by Gasteiger charge is -2.39. The number of aliphatic hydroxyl groups excluding tert-OH is 1. The van der Waals surface area contributed by atoms with Crippen molar-refractivity contribution in [1.29, 1.82) is 0 Å². The normalized spacial score (nSPS) is 20.1. The van der Waals surface area contributed by atoms with E-state index in [0.717, 1.165) is 87.1 Å². The number of carbonyl (C=O) groups excluding carboxylic acids is 1. The van der Waals surface area contributed by atoms with Crippen LogP contribution in [0.3, 0.4) is 0 Å².